The van der Waals surface area contributed by atoms with E-state index in [9.17, 15) is 13.2 Å². The lowest BCUT2D eigenvalue weighted by atomic mass is 10.2. The maximum absolute atomic E-state index is 12.1. The molecule has 1 atom stereocenters. The summed E-state index contributed by atoms with van der Waals surface area (Å²) in [5.74, 6) is 0.222. The zero-order chi connectivity index (χ0) is 13.2. The number of hydrogen-bond donors (Lipinski definition) is 1. The number of carbonyl (C=O) groups is 1. The second kappa shape index (κ2) is 5.75. The molecule has 0 radical (unpaired) electrons. The molecule has 104 valence electrons. The van der Waals surface area contributed by atoms with Crippen LogP contribution in [-0.4, -0.2) is 48.9 Å². The molecule has 1 aliphatic carbocycles. The lowest BCUT2D eigenvalue weighted by Gasteiger charge is -2.23. The average Bonchev–Trinajstić information content (AvgIpc) is 2.98. The molecule has 5 nitrogen and oxygen atoms in total. The molecule has 0 aromatic heterocycles. The van der Waals surface area contributed by atoms with Crippen LogP contribution in [0.4, 0.5) is 0 Å². The molecular weight excluding hydrogens is 276 g/mol. The quantitative estimate of drug-likeness (QED) is 0.733. The first-order chi connectivity index (χ1) is 8.54. The second-order valence-electron chi connectivity index (χ2n) is 4.91. The summed E-state index contributed by atoms with van der Waals surface area (Å²) in [5.41, 5.74) is 0. The molecule has 0 bridgehead atoms. The number of rotatable bonds is 6. The summed E-state index contributed by atoms with van der Waals surface area (Å²) in [4.78, 5) is 12.0. The van der Waals surface area contributed by atoms with E-state index >= 15 is 0 Å². The Balaban J connectivity index is 1.99. The van der Waals surface area contributed by atoms with Gasteiger partial charge in [0.1, 0.15) is 6.04 Å². The number of hydrogen-bond acceptors (Lipinski definition) is 3. The van der Waals surface area contributed by atoms with Crippen molar-refractivity contribution in [3.8, 4) is 0 Å². The van der Waals surface area contributed by atoms with Gasteiger partial charge in [-0.2, -0.15) is 4.31 Å². The SMILES string of the molecule is O=C(NC1CC1)C1CCCN1S(=O)(=O)CCCCl. The Bertz CT molecular complexity index is 409. The first-order valence-corrected chi connectivity index (χ1v) is 8.55. The molecule has 1 amide bonds. The van der Waals surface area contributed by atoms with Gasteiger partial charge in [-0.05, 0) is 32.1 Å². The summed E-state index contributed by atoms with van der Waals surface area (Å²) in [5, 5.41) is 2.88. The fourth-order valence-electron chi connectivity index (χ4n) is 2.21. The van der Waals surface area contributed by atoms with Gasteiger partial charge >= 0.3 is 0 Å². The predicted octanol–water partition coefficient (Wildman–Crippen LogP) is 0.688. The van der Waals surface area contributed by atoms with Crippen molar-refractivity contribution in [2.24, 2.45) is 0 Å². The highest BCUT2D eigenvalue weighted by atomic mass is 35.5. The highest BCUT2D eigenvalue weighted by molar-refractivity contribution is 7.89. The zero-order valence-corrected chi connectivity index (χ0v) is 11.8. The number of sulfonamides is 1. The Labute approximate surface area is 113 Å². The van der Waals surface area contributed by atoms with Gasteiger partial charge in [0, 0.05) is 18.5 Å². The molecule has 2 fully saturated rings. The van der Waals surface area contributed by atoms with Crippen LogP contribution in [0.5, 0.6) is 0 Å². The third-order valence-electron chi connectivity index (χ3n) is 3.32. The molecule has 1 heterocycles. The Kier molecular flexibility index (Phi) is 4.50. The average molecular weight is 295 g/mol. The zero-order valence-electron chi connectivity index (χ0n) is 10.3. The van der Waals surface area contributed by atoms with Crippen molar-refractivity contribution in [3.63, 3.8) is 0 Å². The molecule has 1 unspecified atom stereocenters. The maximum Gasteiger partial charge on any atom is 0.238 e. The topological polar surface area (TPSA) is 66.5 Å². The summed E-state index contributed by atoms with van der Waals surface area (Å²) >= 11 is 5.53. The smallest absolute Gasteiger partial charge is 0.238 e. The van der Waals surface area contributed by atoms with Gasteiger partial charge in [0.15, 0.2) is 0 Å². The van der Waals surface area contributed by atoms with E-state index in [1.165, 1.54) is 4.31 Å². The standard InChI is InChI=1S/C11H19ClN2O3S/c12-6-2-8-18(16,17)14-7-1-3-10(14)11(15)13-9-4-5-9/h9-10H,1-8H2,(H,13,15). The van der Waals surface area contributed by atoms with Crippen LogP contribution in [0.3, 0.4) is 0 Å². The van der Waals surface area contributed by atoms with Gasteiger partial charge in [-0.15, -0.1) is 11.6 Å². The van der Waals surface area contributed by atoms with Gasteiger partial charge in [0.05, 0.1) is 5.75 Å². The molecule has 1 aliphatic heterocycles. The monoisotopic (exact) mass is 294 g/mol. The lowest BCUT2D eigenvalue weighted by molar-refractivity contribution is -0.124. The van der Waals surface area contributed by atoms with E-state index in [2.05, 4.69) is 5.32 Å². The molecule has 2 rings (SSSR count). The summed E-state index contributed by atoms with van der Waals surface area (Å²) in [6.07, 6.45) is 3.83. The molecule has 0 spiro atoms. The predicted molar refractivity (Wildman–Crippen MR) is 70.0 cm³/mol. The molecule has 0 aromatic carbocycles. The van der Waals surface area contributed by atoms with Gasteiger partial charge in [-0.25, -0.2) is 8.42 Å². The highest BCUT2D eigenvalue weighted by Crippen LogP contribution is 2.24. The number of nitrogens with zero attached hydrogens (tertiary/aromatic N) is 1. The summed E-state index contributed by atoms with van der Waals surface area (Å²) in [6, 6.07) is -0.239. The van der Waals surface area contributed by atoms with Crippen LogP contribution >= 0.6 is 11.6 Å². The van der Waals surface area contributed by atoms with Crippen molar-refractivity contribution in [1.82, 2.24) is 9.62 Å². The van der Waals surface area contributed by atoms with Crippen LogP contribution in [0.2, 0.25) is 0 Å². The molecule has 2 aliphatic rings. The maximum atomic E-state index is 12.1. The van der Waals surface area contributed by atoms with Crippen LogP contribution in [0.1, 0.15) is 32.1 Å². The van der Waals surface area contributed by atoms with E-state index < -0.39 is 16.1 Å². The van der Waals surface area contributed by atoms with Crippen molar-refractivity contribution in [2.45, 2.75) is 44.2 Å². The van der Waals surface area contributed by atoms with E-state index in [0.29, 0.717) is 25.3 Å². The summed E-state index contributed by atoms with van der Waals surface area (Å²) in [7, 11) is -3.34. The molecule has 18 heavy (non-hydrogen) atoms. The van der Waals surface area contributed by atoms with E-state index in [4.69, 9.17) is 11.6 Å². The van der Waals surface area contributed by atoms with E-state index in [-0.39, 0.29) is 17.7 Å². The Morgan fingerprint density at radius 3 is 2.67 bits per heavy atom. The Morgan fingerprint density at radius 2 is 2.06 bits per heavy atom. The molecule has 7 heteroatoms. The molecule has 1 saturated carbocycles. The third-order valence-corrected chi connectivity index (χ3v) is 5.55. The van der Waals surface area contributed by atoms with Gasteiger partial charge in [0.2, 0.25) is 15.9 Å². The van der Waals surface area contributed by atoms with Crippen LogP contribution < -0.4 is 5.32 Å². The number of carbonyl (C=O) groups excluding carboxylic acids is 1. The number of amides is 1. The van der Waals surface area contributed by atoms with Gasteiger partial charge < -0.3 is 5.32 Å². The van der Waals surface area contributed by atoms with E-state index in [1.54, 1.807) is 0 Å². The summed E-state index contributed by atoms with van der Waals surface area (Å²) in [6.45, 7) is 0.452. The van der Waals surface area contributed by atoms with Crippen LogP contribution in [0.15, 0.2) is 0 Å². The molecular formula is C11H19ClN2O3S. The van der Waals surface area contributed by atoms with E-state index in [1.807, 2.05) is 0 Å². The van der Waals surface area contributed by atoms with Crippen LogP contribution in [0, 0.1) is 0 Å². The normalized spacial score (nSPS) is 25.3. The lowest BCUT2D eigenvalue weighted by Crippen LogP contribution is -2.47. The van der Waals surface area contributed by atoms with Crippen molar-refractivity contribution in [2.75, 3.05) is 18.2 Å². The second-order valence-corrected chi connectivity index (χ2v) is 7.33. The van der Waals surface area contributed by atoms with Crippen molar-refractivity contribution in [1.29, 1.82) is 0 Å². The van der Waals surface area contributed by atoms with Crippen molar-refractivity contribution < 1.29 is 13.2 Å². The first kappa shape index (κ1) is 14.1. The summed E-state index contributed by atoms with van der Waals surface area (Å²) < 4.78 is 25.5. The number of nitrogens with one attached hydrogen (secondary N) is 1. The Hall–Kier alpha value is -0.330. The fourth-order valence-corrected chi connectivity index (χ4v) is 4.25. The molecule has 1 N–H and O–H groups in total. The van der Waals surface area contributed by atoms with Gasteiger partial charge in [0.25, 0.3) is 0 Å². The van der Waals surface area contributed by atoms with Crippen LogP contribution in [-0.2, 0) is 14.8 Å². The highest BCUT2D eigenvalue weighted by Gasteiger charge is 2.39. The van der Waals surface area contributed by atoms with Crippen molar-refractivity contribution in [3.05, 3.63) is 0 Å². The van der Waals surface area contributed by atoms with Crippen LogP contribution in [0.25, 0.3) is 0 Å². The van der Waals surface area contributed by atoms with Gasteiger partial charge in [-0.1, -0.05) is 0 Å². The number of halogens is 1. The minimum absolute atomic E-state index is 0.0315. The molecule has 0 aromatic rings. The van der Waals surface area contributed by atoms with Crippen molar-refractivity contribution >= 4 is 27.5 Å². The Morgan fingerprint density at radius 1 is 1.33 bits per heavy atom. The minimum Gasteiger partial charge on any atom is -0.352 e. The van der Waals surface area contributed by atoms with E-state index in [0.717, 1.165) is 19.3 Å². The largest absolute Gasteiger partial charge is 0.352 e. The third kappa shape index (κ3) is 3.36. The number of alkyl halides is 1. The fraction of sp³-hybridized carbons (Fsp3) is 0.909. The minimum atomic E-state index is -3.34. The van der Waals surface area contributed by atoms with Gasteiger partial charge in [-0.3, -0.25) is 4.79 Å². The first-order valence-electron chi connectivity index (χ1n) is 6.40. The molecule has 1 saturated heterocycles.